The molecule has 66 valence electrons. The number of hydrogen-bond acceptors (Lipinski definition) is 2. The highest BCUT2D eigenvalue weighted by atomic mass is 79.9. The smallest absolute Gasteiger partial charge is 0.129 e. The fourth-order valence-electron chi connectivity index (χ4n) is 0.703. The van der Waals surface area contributed by atoms with E-state index in [2.05, 4.69) is 21.8 Å². The number of phenolic OH excluding ortho intramolecular Hbond substituents is 1. The van der Waals surface area contributed by atoms with Crippen molar-refractivity contribution in [2.45, 2.75) is 4.90 Å². The summed E-state index contributed by atoms with van der Waals surface area (Å²) in [5.74, 6) is 3.40. The number of nitrogens with two attached hydrogens (primary N) is 1. The second-order valence-corrected chi connectivity index (χ2v) is 5.12. The molecule has 0 heterocycles. The van der Waals surface area contributed by atoms with Crippen LogP contribution < -0.4 is 5.14 Å². The minimum atomic E-state index is -2.68. The molecule has 0 radical (unpaired) electrons. The molecule has 1 unspecified atom stereocenters. The Balaban J connectivity index is 3.33. The summed E-state index contributed by atoms with van der Waals surface area (Å²) in [4.78, 5) is 0.409. The fraction of sp³-hybridized carbons (Fsp3) is 0. The highest BCUT2D eigenvalue weighted by Gasteiger charge is 2.04. The van der Waals surface area contributed by atoms with Crippen molar-refractivity contribution in [1.82, 2.24) is 0 Å². The molecule has 1 aromatic carbocycles. The van der Waals surface area contributed by atoms with Gasteiger partial charge in [0.15, 0.2) is 0 Å². The van der Waals surface area contributed by atoms with Gasteiger partial charge in [-0.15, -0.1) is 0 Å². The van der Waals surface area contributed by atoms with Crippen LogP contribution in [0.5, 0.6) is 5.75 Å². The van der Waals surface area contributed by atoms with Gasteiger partial charge in [0, 0.05) is 4.90 Å². The molecule has 0 aliphatic heterocycles. The van der Waals surface area contributed by atoms with E-state index in [1.807, 2.05) is 0 Å². The monoisotopic (exact) mass is 249 g/mol. The van der Waals surface area contributed by atoms with Crippen molar-refractivity contribution in [3.8, 4) is 5.75 Å². The number of hydrogen-bond donors (Lipinski definition) is 2. The molecule has 0 aliphatic carbocycles. The quantitative estimate of drug-likeness (QED) is 0.733. The Hall–Kier alpha value is -0.520. The third-order valence-electron chi connectivity index (χ3n) is 1.32. The van der Waals surface area contributed by atoms with E-state index in [-0.39, 0.29) is 5.75 Å². The van der Waals surface area contributed by atoms with Crippen molar-refractivity contribution >= 4 is 31.5 Å². The molecule has 0 saturated heterocycles. The van der Waals surface area contributed by atoms with E-state index in [0.717, 1.165) is 0 Å². The fourth-order valence-corrected chi connectivity index (χ4v) is 1.85. The SMILES string of the molecule is C=S(N)(=O)c1ccc(O)c(Br)c1. The van der Waals surface area contributed by atoms with Gasteiger partial charge in [-0.1, -0.05) is 0 Å². The molecule has 3 nitrogen and oxygen atoms in total. The highest BCUT2D eigenvalue weighted by molar-refractivity contribution is 9.10. The zero-order valence-electron chi connectivity index (χ0n) is 6.16. The highest BCUT2D eigenvalue weighted by Crippen LogP contribution is 2.25. The predicted octanol–water partition coefficient (Wildman–Crippen LogP) is 1.10. The summed E-state index contributed by atoms with van der Waals surface area (Å²) in [6.07, 6.45) is 0. The van der Waals surface area contributed by atoms with Gasteiger partial charge >= 0.3 is 0 Å². The van der Waals surface area contributed by atoms with Gasteiger partial charge in [0.2, 0.25) is 0 Å². The van der Waals surface area contributed by atoms with Gasteiger partial charge in [-0.2, -0.15) is 0 Å². The first-order valence-electron chi connectivity index (χ1n) is 3.05. The Kier molecular flexibility index (Phi) is 2.46. The van der Waals surface area contributed by atoms with E-state index in [0.29, 0.717) is 9.37 Å². The van der Waals surface area contributed by atoms with E-state index in [4.69, 9.17) is 10.2 Å². The summed E-state index contributed by atoms with van der Waals surface area (Å²) in [5, 5.41) is 14.4. The predicted molar refractivity (Wildman–Crippen MR) is 53.5 cm³/mol. The summed E-state index contributed by atoms with van der Waals surface area (Å²) >= 11 is 3.08. The third-order valence-corrected chi connectivity index (χ3v) is 3.01. The Morgan fingerprint density at radius 3 is 2.58 bits per heavy atom. The van der Waals surface area contributed by atoms with E-state index in [1.54, 1.807) is 0 Å². The molecule has 0 spiro atoms. The zero-order valence-corrected chi connectivity index (χ0v) is 8.56. The lowest BCUT2D eigenvalue weighted by atomic mass is 10.3. The van der Waals surface area contributed by atoms with Gasteiger partial charge in [-0.05, 0) is 40.0 Å². The van der Waals surface area contributed by atoms with Crippen LogP contribution >= 0.6 is 15.9 Å². The van der Waals surface area contributed by atoms with Gasteiger partial charge in [0.25, 0.3) is 0 Å². The summed E-state index contributed by atoms with van der Waals surface area (Å²) < 4.78 is 11.7. The first-order valence-corrected chi connectivity index (χ1v) is 5.63. The van der Waals surface area contributed by atoms with Gasteiger partial charge in [-0.3, -0.25) is 5.14 Å². The van der Waals surface area contributed by atoms with Crippen LogP contribution in [0.2, 0.25) is 0 Å². The summed E-state index contributed by atoms with van der Waals surface area (Å²) in [5.41, 5.74) is 0. The molecule has 0 fully saturated rings. The standard InChI is InChI=1S/C7H8BrNO2S/c1-12(9,11)5-2-3-7(10)6(8)4-5/h2-4,10H,1H2,(H2,9,11). The Labute approximate surface area is 79.5 Å². The third kappa shape index (κ3) is 2.00. The lowest BCUT2D eigenvalue weighted by molar-refractivity contribution is 0.471. The molecule has 3 N–H and O–H groups in total. The van der Waals surface area contributed by atoms with Crippen molar-refractivity contribution in [3.05, 3.63) is 22.7 Å². The first-order chi connectivity index (χ1) is 5.41. The molecule has 5 heteroatoms. The number of benzene rings is 1. The van der Waals surface area contributed by atoms with Crippen molar-refractivity contribution in [2.75, 3.05) is 0 Å². The second kappa shape index (κ2) is 3.08. The van der Waals surface area contributed by atoms with Crippen LogP contribution in [0.3, 0.4) is 0 Å². The molecule has 0 bridgehead atoms. The second-order valence-electron chi connectivity index (χ2n) is 2.34. The topological polar surface area (TPSA) is 63.3 Å². The van der Waals surface area contributed by atoms with Crippen LogP contribution in [0.4, 0.5) is 0 Å². The molecular weight excluding hydrogens is 242 g/mol. The van der Waals surface area contributed by atoms with Crippen LogP contribution in [0.25, 0.3) is 0 Å². The normalized spacial score (nSPS) is 15.5. The van der Waals surface area contributed by atoms with Gasteiger partial charge < -0.3 is 5.11 Å². The Bertz CT molecular complexity index is 400. The maximum atomic E-state index is 11.2. The molecular formula is C7H8BrNO2S. The van der Waals surface area contributed by atoms with Crippen molar-refractivity contribution in [1.29, 1.82) is 0 Å². The molecule has 12 heavy (non-hydrogen) atoms. The van der Waals surface area contributed by atoms with Crippen LogP contribution in [0, 0.1) is 0 Å². The molecule has 1 aromatic rings. The van der Waals surface area contributed by atoms with Gasteiger partial charge in [-0.25, -0.2) is 4.21 Å². The summed E-state index contributed by atoms with van der Waals surface area (Å²) in [7, 11) is -2.68. The van der Waals surface area contributed by atoms with Crippen LogP contribution in [0.15, 0.2) is 27.6 Å². The summed E-state index contributed by atoms with van der Waals surface area (Å²) in [6, 6.07) is 4.39. The summed E-state index contributed by atoms with van der Waals surface area (Å²) in [6.45, 7) is 0. The lowest BCUT2D eigenvalue weighted by Crippen LogP contribution is -2.11. The first kappa shape index (κ1) is 9.57. The Morgan fingerprint density at radius 2 is 2.17 bits per heavy atom. The van der Waals surface area contributed by atoms with E-state index < -0.39 is 9.71 Å². The van der Waals surface area contributed by atoms with E-state index in [9.17, 15) is 4.21 Å². The minimum absolute atomic E-state index is 0.0856. The van der Waals surface area contributed by atoms with Crippen LogP contribution in [-0.4, -0.2) is 15.2 Å². The van der Waals surface area contributed by atoms with Crippen molar-refractivity contribution < 1.29 is 9.32 Å². The van der Waals surface area contributed by atoms with E-state index in [1.165, 1.54) is 18.2 Å². The molecule has 0 aromatic heterocycles. The largest absolute Gasteiger partial charge is 0.507 e. The molecule has 1 atom stereocenters. The number of aromatic hydroxyl groups is 1. The average molecular weight is 250 g/mol. The van der Waals surface area contributed by atoms with Crippen LogP contribution in [0.1, 0.15) is 0 Å². The molecule has 1 rings (SSSR count). The molecule has 0 saturated carbocycles. The average Bonchev–Trinajstić information content (AvgIpc) is 1.92. The Morgan fingerprint density at radius 1 is 1.58 bits per heavy atom. The van der Waals surface area contributed by atoms with Crippen molar-refractivity contribution in [2.24, 2.45) is 5.14 Å². The molecule has 0 aliphatic rings. The number of phenols is 1. The minimum Gasteiger partial charge on any atom is -0.507 e. The van der Waals surface area contributed by atoms with Gasteiger partial charge in [0.1, 0.15) is 5.75 Å². The van der Waals surface area contributed by atoms with E-state index >= 15 is 0 Å². The number of rotatable bonds is 1. The number of halogens is 1. The zero-order chi connectivity index (χ0) is 9.35. The van der Waals surface area contributed by atoms with Gasteiger partial charge in [0.05, 0.1) is 14.2 Å². The van der Waals surface area contributed by atoms with Crippen LogP contribution in [-0.2, 0) is 9.71 Å². The maximum Gasteiger partial charge on any atom is 0.129 e. The maximum absolute atomic E-state index is 11.2. The van der Waals surface area contributed by atoms with Crippen molar-refractivity contribution in [3.63, 3.8) is 0 Å². The lowest BCUT2D eigenvalue weighted by Gasteiger charge is -2.03. The molecule has 0 amide bonds.